The molecule has 0 bridgehead atoms. The van der Waals surface area contributed by atoms with Crippen LogP contribution in [-0.4, -0.2) is 36.0 Å². The molecule has 1 unspecified atom stereocenters. The average molecular weight is 208 g/mol. The molecule has 0 saturated carbocycles. The zero-order chi connectivity index (χ0) is 11.0. The first kappa shape index (κ1) is 10.8. The van der Waals surface area contributed by atoms with Crippen molar-refractivity contribution in [2.24, 2.45) is 5.92 Å². The van der Waals surface area contributed by atoms with Crippen LogP contribution in [0.25, 0.3) is 0 Å². The monoisotopic (exact) mass is 208 g/mol. The molecule has 15 heavy (non-hydrogen) atoms. The van der Waals surface area contributed by atoms with Crippen molar-refractivity contribution in [1.82, 2.24) is 9.80 Å². The number of nitrogens with zero attached hydrogens (tertiary/aromatic N) is 2. The quantitative estimate of drug-likeness (QED) is 0.653. The summed E-state index contributed by atoms with van der Waals surface area (Å²) in [5.41, 5.74) is 1.71. The number of hydrogen-bond donors (Lipinski definition) is 0. The van der Waals surface area contributed by atoms with Crippen molar-refractivity contribution >= 4 is 0 Å². The Balaban J connectivity index is 2.34. The van der Waals surface area contributed by atoms with Crippen molar-refractivity contribution in [2.45, 2.75) is 46.1 Å². The van der Waals surface area contributed by atoms with Gasteiger partial charge in [0.15, 0.2) is 0 Å². The molecule has 2 aliphatic heterocycles. The molecule has 2 nitrogen and oxygen atoms in total. The van der Waals surface area contributed by atoms with Crippen LogP contribution >= 0.6 is 0 Å². The van der Waals surface area contributed by atoms with Crippen molar-refractivity contribution in [3.05, 3.63) is 11.4 Å². The van der Waals surface area contributed by atoms with Crippen LogP contribution in [0.15, 0.2) is 11.4 Å². The summed E-state index contributed by atoms with van der Waals surface area (Å²) < 4.78 is 0. The molecule has 2 aliphatic rings. The van der Waals surface area contributed by atoms with Gasteiger partial charge in [0, 0.05) is 26.2 Å². The van der Waals surface area contributed by atoms with Gasteiger partial charge in [0.25, 0.3) is 0 Å². The van der Waals surface area contributed by atoms with Crippen LogP contribution in [0, 0.1) is 5.92 Å². The molecule has 2 heteroatoms. The smallest absolute Gasteiger partial charge is 0.103 e. The predicted octanol–water partition coefficient (Wildman–Crippen LogP) is 2.67. The molecule has 0 fully saturated rings. The molecule has 2 rings (SSSR count). The van der Waals surface area contributed by atoms with Crippen LogP contribution in [0.2, 0.25) is 0 Å². The normalized spacial score (nSPS) is 27.4. The molecule has 0 aromatic carbocycles. The van der Waals surface area contributed by atoms with E-state index in [-0.39, 0.29) is 0 Å². The predicted molar refractivity (Wildman–Crippen MR) is 64.5 cm³/mol. The number of allylic oxidation sites excluding steroid dienone is 1. The highest BCUT2D eigenvalue weighted by atomic mass is 15.3. The molecule has 0 amide bonds. The SMILES string of the molecule is CC1CCN(C)C2=C1CCCN2C(C)C. The van der Waals surface area contributed by atoms with Gasteiger partial charge in [-0.25, -0.2) is 0 Å². The van der Waals surface area contributed by atoms with Gasteiger partial charge in [-0.3, -0.25) is 0 Å². The summed E-state index contributed by atoms with van der Waals surface area (Å²) in [5.74, 6) is 2.35. The second-order valence-electron chi connectivity index (χ2n) is 5.35. The molecule has 0 radical (unpaired) electrons. The molecule has 0 spiro atoms. The van der Waals surface area contributed by atoms with Gasteiger partial charge in [0.2, 0.25) is 0 Å². The van der Waals surface area contributed by atoms with Gasteiger partial charge in [-0.05, 0) is 44.6 Å². The van der Waals surface area contributed by atoms with Crippen molar-refractivity contribution in [3.8, 4) is 0 Å². The fourth-order valence-corrected chi connectivity index (χ4v) is 2.94. The number of hydrogen-bond acceptors (Lipinski definition) is 2. The van der Waals surface area contributed by atoms with Gasteiger partial charge in [0.05, 0.1) is 0 Å². The fraction of sp³-hybridized carbons (Fsp3) is 0.846. The molecule has 0 aromatic heterocycles. The van der Waals surface area contributed by atoms with Gasteiger partial charge >= 0.3 is 0 Å². The van der Waals surface area contributed by atoms with Crippen molar-refractivity contribution in [1.29, 1.82) is 0 Å². The summed E-state index contributed by atoms with van der Waals surface area (Å²) in [6, 6.07) is 0.642. The highest BCUT2D eigenvalue weighted by Gasteiger charge is 2.30. The second kappa shape index (κ2) is 4.07. The van der Waals surface area contributed by atoms with E-state index in [1.807, 2.05) is 0 Å². The van der Waals surface area contributed by atoms with E-state index in [1.54, 1.807) is 11.4 Å². The minimum Gasteiger partial charge on any atom is -0.361 e. The zero-order valence-corrected chi connectivity index (χ0v) is 10.6. The van der Waals surface area contributed by atoms with Crippen LogP contribution < -0.4 is 0 Å². The van der Waals surface area contributed by atoms with Crippen molar-refractivity contribution < 1.29 is 0 Å². The minimum atomic E-state index is 0.642. The van der Waals surface area contributed by atoms with Gasteiger partial charge < -0.3 is 9.80 Å². The maximum Gasteiger partial charge on any atom is 0.103 e. The molecule has 86 valence electrons. The van der Waals surface area contributed by atoms with Crippen LogP contribution in [0.4, 0.5) is 0 Å². The lowest BCUT2D eigenvalue weighted by Gasteiger charge is -2.45. The standard InChI is InChI=1S/C13H24N2/c1-10(2)15-8-5-6-12-11(3)7-9-14(4)13(12)15/h10-11H,5-9H2,1-4H3. The molecule has 0 aromatic rings. The van der Waals surface area contributed by atoms with E-state index in [2.05, 4.69) is 37.6 Å². The van der Waals surface area contributed by atoms with Gasteiger partial charge in [-0.1, -0.05) is 6.92 Å². The van der Waals surface area contributed by atoms with Gasteiger partial charge in [-0.2, -0.15) is 0 Å². The maximum atomic E-state index is 2.59. The van der Waals surface area contributed by atoms with E-state index in [9.17, 15) is 0 Å². The zero-order valence-electron chi connectivity index (χ0n) is 10.6. The molecule has 2 heterocycles. The Bertz CT molecular complexity index is 268. The molecule has 0 saturated heterocycles. The topological polar surface area (TPSA) is 6.48 Å². The molecule has 0 N–H and O–H groups in total. The van der Waals surface area contributed by atoms with E-state index in [1.165, 1.54) is 32.4 Å². The summed E-state index contributed by atoms with van der Waals surface area (Å²) in [6.07, 6.45) is 4.00. The lowest BCUT2D eigenvalue weighted by atomic mass is 9.87. The third-order valence-electron chi connectivity index (χ3n) is 3.88. The van der Waals surface area contributed by atoms with E-state index >= 15 is 0 Å². The summed E-state index contributed by atoms with van der Waals surface area (Å²) in [7, 11) is 2.25. The summed E-state index contributed by atoms with van der Waals surface area (Å²) in [4.78, 5) is 5.06. The van der Waals surface area contributed by atoms with Gasteiger partial charge in [0.1, 0.15) is 5.82 Å². The lowest BCUT2D eigenvalue weighted by Crippen LogP contribution is -2.45. The third kappa shape index (κ3) is 1.86. The Kier molecular flexibility index (Phi) is 2.94. The first-order valence-electron chi connectivity index (χ1n) is 6.32. The van der Waals surface area contributed by atoms with Crippen molar-refractivity contribution in [3.63, 3.8) is 0 Å². The Morgan fingerprint density at radius 1 is 1.27 bits per heavy atom. The lowest BCUT2D eigenvalue weighted by molar-refractivity contribution is 0.153. The van der Waals surface area contributed by atoms with E-state index < -0.39 is 0 Å². The van der Waals surface area contributed by atoms with E-state index in [4.69, 9.17) is 0 Å². The highest BCUT2D eigenvalue weighted by Crippen LogP contribution is 2.35. The molecule has 1 atom stereocenters. The summed E-state index contributed by atoms with van der Waals surface area (Å²) in [6.45, 7) is 9.48. The Morgan fingerprint density at radius 2 is 2.00 bits per heavy atom. The number of rotatable bonds is 1. The fourth-order valence-electron chi connectivity index (χ4n) is 2.94. The van der Waals surface area contributed by atoms with Crippen molar-refractivity contribution in [2.75, 3.05) is 20.1 Å². The first-order valence-corrected chi connectivity index (χ1v) is 6.32. The van der Waals surface area contributed by atoms with Crippen LogP contribution in [0.5, 0.6) is 0 Å². The van der Waals surface area contributed by atoms with Crippen LogP contribution in [0.3, 0.4) is 0 Å². The maximum absolute atomic E-state index is 2.59. The summed E-state index contributed by atoms with van der Waals surface area (Å²) in [5, 5.41) is 0. The Morgan fingerprint density at radius 3 is 2.67 bits per heavy atom. The first-order chi connectivity index (χ1) is 7.11. The summed E-state index contributed by atoms with van der Waals surface area (Å²) >= 11 is 0. The van der Waals surface area contributed by atoms with E-state index in [0.29, 0.717) is 6.04 Å². The molecule has 0 aliphatic carbocycles. The largest absolute Gasteiger partial charge is 0.361 e. The third-order valence-corrected chi connectivity index (χ3v) is 3.88. The van der Waals surface area contributed by atoms with Gasteiger partial charge in [-0.15, -0.1) is 0 Å². The Hall–Kier alpha value is -0.660. The van der Waals surface area contributed by atoms with Crippen LogP contribution in [-0.2, 0) is 0 Å². The second-order valence-corrected chi connectivity index (χ2v) is 5.35. The van der Waals surface area contributed by atoms with E-state index in [0.717, 1.165) is 5.92 Å². The molecular formula is C13H24N2. The average Bonchev–Trinajstić information content (AvgIpc) is 2.23. The molecular weight excluding hydrogens is 184 g/mol. The Labute approximate surface area is 93.9 Å². The van der Waals surface area contributed by atoms with Crippen LogP contribution in [0.1, 0.15) is 40.0 Å². The minimum absolute atomic E-state index is 0.642. The highest BCUT2D eigenvalue weighted by molar-refractivity contribution is 5.20.